The predicted molar refractivity (Wildman–Crippen MR) is 154 cm³/mol. The fourth-order valence-corrected chi connectivity index (χ4v) is 5.36. The Kier molecular flexibility index (Phi) is 6.59. The average molecular weight is 516 g/mol. The standard InChI is InChI=1S/C33H29N3O3/c37-32(35-20-18-34(19-21-35)29-7-2-1-3-8-29)25-12-10-24(11-13-25)26-14-15-31-27(22-26)16-17-36(31)23-28-6-4-5-9-30(28)33(38)39/h1-17,22H,18-21,23H2,(H,38,39). The van der Waals surface area contributed by atoms with Gasteiger partial charge in [-0.25, -0.2) is 4.79 Å². The Balaban J connectivity index is 1.14. The Morgan fingerprint density at radius 1 is 0.718 bits per heavy atom. The van der Waals surface area contributed by atoms with Crippen LogP contribution in [0.4, 0.5) is 5.69 Å². The molecule has 0 bridgehead atoms. The van der Waals surface area contributed by atoms with Crippen LogP contribution in [0.2, 0.25) is 0 Å². The quantitative estimate of drug-likeness (QED) is 0.301. The van der Waals surface area contributed by atoms with Gasteiger partial charge in [-0.1, -0.05) is 54.6 Å². The number of hydrogen-bond donors (Lipinski definition) is 1. The first-order valence-corrected chi connectivity index (χ1v) is 13.2. The molecule has 39 heavy (non-hydrogen) atoms. The number of benzene rings is 4. The highest BCUT2D eigenvalue weighted by atomic mass is 16.4. The molecule has 1 N–H and O–H groups in total. The number of aromatic carboxylic acids is 1. The number of fused-ring (bicyclic) bond motifs is 1. The van der Waals surface area contributed by atoms with Crippen molar-refractivity contribution < 1.29 is 14.7 Å². The molecule has 0 atom stereocenters. The van der Waals surface area contributed by atoms with Crippen LogP contribution in [0.1, 0.15) is 26.3 Å². The lowest BCUT2D eigenvalue weighted by atomic mass is 10.0. The number of carbonyl (C=O) groups excluding carboxylic acids is 1. The van der Waals surface area contributed by atoms with Gasteiger partial charge in [-0.3, -0.25) is 4.79 Å². The maximum Gasteiger partial charge on any atom is 0.336 e. The summed E-state index contributed by atoms with van der Waals surface area (Å²) in [7, 11) is 0. The van der Waals surface area contributed by atoms with Crippen molar-refractivity contribution in [2.24, 2.45) is 0 Å². The van der Waals surface area contributed by atoms with Gasteiger partial charge in [-0.05, 0) is 65.2 Å². The zero-order valence-corrected chi connectivity index (χ0v) is 21.5. The van der Waals surface area contributed by atoms with Crippen LogP contribution in [0.15, 0.2) is 109 Å². The highest BCUT2D eigenvalue weighted by molar-refractivity contribution is 5.95. The van der Waals surface area contributed by atoms with Gasteiger partial charge in [0.25, 0.3) is 5.91 Å². The maximum absolute atomic E-state index is 13.2. The molecule has 0 unspecified atom stereocenters. The molecular weight excluding hydrogens is 486 g/mol. The van der Waals surface area contributed by atoms with E-state index in [-0.39, 0.29) is 5.91 Å². The van der Waals surface area contributed by atoms with E-state index in [1.165, 1.54) is 5.69 Å². The van der Waals surface area contributed by atoms with Crippen LogP contribution >= 0.6 is 0 Å². The Hall–Kier alpha value is -4.84. The Morgan fingerprint density at radius 3 is 2.15 bits per heavy atom. The second kappa shape index (κ2) is 10.5. The SMILES string of the molecule is O=C(O)c1ccccc1Cn1ccc2cc(-c3ccc(C(=O)N4CCN(c5ccccc5)CC4)cc3)ccc21. The summed E-state index contributed by atoms with van der Waals surface area (Å²) in [5.74, 6) is -0.843. The first-order chi connectivity index (χ1) is 19.1. The van der Waals surface area contributed by atoms with Gasteiger partial charge >= 0.3 is 5.97 Å². The molecule has 1 aromatic heterocycles. The molecule has 2 heterocycles. The van der Waals surface area contributed by atoms with E-state index in [1.807, 2.05) is 65.7 Å². The lowest BCUT2D eigenvalue weighted by molar-refractivity contribution is 0.0694. The predicted octanol–water partition coefficient (Wildman–Crippen LogP) is 6.02. The summed E-state index contributed by atoms with van der Waals surface area (Å²) in [5.41, 5.74) is 6.16. The summed E-state index contributed by atoms with van der Waals surface area (Å²) in [6, 6.07) is 33.6. The molecule has 1 aliphatic rings. The van der Waals surface area contributed by atoms with E-state index in [0.717, 1.165) is 40.7 Å². The van der Waals surface area contributed by atoms with E-state index in [0.29, 0.717) is 30.8 Å². The minimum Gasteiger partial charge on any atom is -0.478 e. The third kappa shape index (κ3) is 5.01. The van der Waals surface area contributed by atoms with Gasteiger partial charge in [0, 0.05) is 61.1 Å². The van der Waals surface area contributed by atoms with Crippen molar-refractivity contribution >= 4 is 28.5 Å². The largest absolute Gasteiger partial charge is 0.478 e. The topological polar surface area (TPSA) is 65.8 Å². The number of aromatic nitrogens is 1. The highest BCUT2D eigenvalue weighted by Crippen LogP contribution is 2.27. The average Bonchev–Trinajstić information content (AvgIpc) is 3.39. The molecule has 1 aliphatic heterocycles. The van der Waals surface area contributed by atoms with Gasteiger partial charge in [-0.15, -0.1) is 0 Å². The number of carboxylic acids is 1. The molecule has 6 rings (SSSR count). The number of carboxylic acid groups (broad SMARTS) is 1. The number of rotatable bonds is 6. The molecule has 5 aromatic rings. The van der Waals surface area contributed by atoms with E-state index in [4.69, 9.17) is 0 Å². The smallest absolute Gasteiger partial charge is 0.336 e. The normalized spacial score (nSPS) is 13.5. The number of anilines is 1. The molecule has 1 saturated heterocycles. The minimum absolute atomic E-state index is 0.0726. The monoisotopic (exact) mass is 515 g/mol. The van der Waals surface area contributed by atoms with Crippen LogP contribution in [-0.4, -0.2) is 52.6 Å². The minimum atomic E-state index is -0.916. The Labute approximate surface area is 227 Å². The van der Waals surface area contributed by atoms with E-state index < -0.39 is 5.97 Å². The Morgan fingerprint density at radius 2 is 1.41 bits per heavy atom. The van der Waals surface area contributed by atoms with Crippen LogP contribution in [0, 0.1) is 0 Å². The van der Waals surface area contributed by atoms with Crippen LogP contribution in [0.5, 0.6) is 0 Å². The molecule has 0 radical (unpaired) electrons. The summed E-state index contributed by atoms with van der Waals surface area (Å²) >= 11 is 0. The van der Waals surface area contributed by atoms with Crippen LogP contribution < -0.4 is 4.90 Å². The fourth-order valence-electron chi connectivity index (χ4n) is 5.36. The third-order valence-electron chi connectivity index (χ3n) is 7.51. The van der Waals surface area contributed by atoms with Crippen molar-refractivity contribution in [3.63, 3.8) is 0 Å². The van der Waals surface area contributed by atoms with Gasteiger partial charge in [-0.2, -0.15) is 0 Å². The van der Waals surface area contributed by atoms with Crippen molar-refractivity contribution in [1.29, 1.82) is 0 Å². The molecule has 0 saturated carbocycles. The molecule has 0 aliphatic carbocycles. The zero-order chi connectivity index (χ0) is 26.8. The number of nitrogens with zero attached hydrogens (tertiary/aromatic N) is 3. The molecular formula is C33H29N3O3. The second-order valence-electron chi connectivity index (χ2n) is 9.87. The van der Waals surface area contributed by atoms with Gasteiger partial charge in [0.15, 0.2) is 0 Å². The summed E-state index contributed by atoms with van der Waals surface area (Å²) in [5, 5.41) is 10.6. The molecule has 4 aromatic carbocycles. The van der Waals surface area contributed by atoms with Crippen LogP contribution in [-0.2, 0) is 6.54 Å². The van der Waals surface area contributed by atoms with Crippen LogP contribution in [0.3, 0.4) is 0 Å². The van der Waals surface area contributed by atoms with Gasteiger partial charge in [0.2, 0.25) is 0 Å². The number of carbonyl (C=O) groups is 2. The van der Waals surface area contributed by atoms with Crippen molar-refractivity contribution in [3.8, 4) is 11.1 Å². The van der Waals surface area contributed by atoms with Gasteiger partial charge < -0.3 is 19.5 Å². The lowest BCUT2D eigenvalue weighted by Gasteiger charge is -2.36. The van der Waals surface area contributed by atoms with E-state index in [1.54, 1.807) is 12.1 Å². The van der Waals surface area contributed by atoms with E-state index >= 15 is 0 Å². The summed E-state index contributed by atoms with van der Waals surface area (Å²) in [4.78, 5) is 29.0. The number of para-hydroxylation sites is 1. The maximum atomic E-state index is 13.2. The fraction of sp³-hybridized carbons (Fsp3) is 0.152. The second-order valence-corrected chi connectivity index (χ2v) is 9.87. The molecule has 6 nitrogen and oxygen atoms in total. The molecule has 1 amide bonds. The highest BCUT2D eigenvalue weighted by Gasteiger charge is 2.22. The van der Waals surface area contributed by atoms with Crippen molar-refractivity contribution in [2.45, 2.75) is 6.54 Å². The third-order valence-corrected chi connectivity index (χ3v) is 7.51. The first kappa shape index (κ1) is 24.5. The molecule has 194 valence electrons. The van der Waals surface area contributed by atoms with Crippen molar-refractivity contribution in [1.82, 2.24) is 9.47 Å². The molecule has 6 heteroatoms. The van der Waals surface area contributed by atoms with Crippen LogP contribution in [0.25, 0.3) is 22.0 Å². The molecule has 0 spiro atoms. The Bertz CT molecular complexity index is 1630. The van der Waals surface area contributed by atoms with E-state index in [2.05, 4.69) is 45.9 Å². The van der Waals surface area contributed by atoms with E-state index in [9.17, 15) is 14.7 Å². The number of amides is 1. The summed E-state index contributed by atoms with van der Waals surface area (Å²) in [6.45, 7) is 3.56. The van der Waals surface area contributed by atoms with Crippen molar-refractivity contribution in [2.75, 3.05) is 31.1 Å². The number of hydrogen-bond acceptors (Lipinski definition) is 3. The summed E-state index contributed by atoms with van der Waals surface area (Å²) < 4.78 is 2.07. The van der Waals surface area contributed by atoms with Gasteiger partial charge in [0.05, 0.1) is 5.56 Å². The summed E-state index contributed by atoms with van der Waals surface area (Å²) in [6.07, 6.45) is 1.99. The number of piperazine rings is 1. The zero-order valence-electron chi connectivity index (χ0n) is 21.5. The van der Waals surface area contributed by atoms with Gasteiger partial charge in [0.1, 0.15) is 0 Å². The lowest BCUT2D eigenvalue weighted by Crippen LogP contribution is -2.48. The molecule has 1 fully saturated rings. The van der Waals surface area contributed by atoms with Crippen molar-refractivity contribution in [3.05, 3.63) is 126 Å². The first-order valence-electron chi connectivity index (χ1n) is 13.2.